The lowest BCUT2D eigenvalue weighted by Gasteiger charge is -2.14. The second kappa shape index (κ2) is 18.2. The number of rotatable bonds is 7. The van der Waals surface area contributed by atoms with Crippen molar-refractivity contribution in [2.45, 2.75) is 52.9 Å². The van der Waals surface area contributed by atoms with Gasteiger partial charge >= 0.3 is 11.9 Å². The van der Waals surface area contributed by atoms with Crippen LogP contribution in [0.5, 0.6) is 0 Å². The summed E-state index contributed by atoms with van der Waals surface area (Å²) in [6, 6.07) is 0. The molecule has 6 N–H and O–H groups in total. The van der Waals surface area contributed by atoms with Gasteiger partial charge in [-0.1, -0.05) is 7.43 Å². The number of amides is 6. The van der Waals surface area contributed by atoms with E-state index in [2.05, 4.69) is 20.8 Å². The molecule has 0 spiro atoms. The maximum atomic E-state index is 11.4. The second-order valence-corrected chi connectivity index (χ2v) is 5.86. The van der Waals surface area contributed by atoms with E-state index in [0.717, 1.165) is 0 Å². The molecule has 0 atom stereocenters. The molecule has 17 heteroatoms. The summed E-state index contributed by atoms with van der Waals surface area (Å²) in [5.41, 5.74) is 1.80. The summed E-state index contributed by atoms with van der Waals surface area (Å²) in [6.45, 7) is 1.19. The number of hydroxylamine groups is 4. The fraction of sp³-hybridized carbons (Fsp3) is 0.500. The van der Waals surface area contributed by atoms with E-state index in [4.69, 9.17) is 7.58 Å². The summed E-state index contributed by atoms with van der Waals surface area (Å²) in [6.07, 6.45) is -2.13. The number of imide groups is 2. The molecule has 2 fully saturated rings. The first-order valence-electron chi connectivity index (χ1n) is 10.0. The summed E-state index contributed by atoms with van der Waals surface area (Å²) in [5.74, 6) is -3.56. The lowest BCUT2D eigenvalue weighted by Crippen LogP contribution is -2.35. The van der Waals surface area contributed by atoms with Gasteiger partial charge in [0.2, 0.25) is 11.8 Å². The van der Waals surface area contributed by atoms with Gasteiger partial charge in [0.1, 0.15) is 20.5 Å². The molecule has 0 radical (unpaired) electrons. The lowest BCUT2D eigenvalue weighted by molar-refractivity contribution is -0.206. The van der Waals surface area contributed by atoms with E-state index in [1.165, 1.54) is 14.0 Å². The molecule has 2 rings (SSSR count). The topological polar surface area (TPSA) is 261 Å². The zero-order valence-corrected chi connectivity index (χ0v) is 18.3. The fourth-order valence-electron chi connectivity index (χ4n) is 1.98. The van der Waals surface area contributed by atoms with E-state index in [9.17, 15) is 38.4 Å². The molecule has 0 unspecified atom stereocenters. The molecule has 6 amide bonds. The zero-order chi connectivity index (χ0) is 27.1. The number of carbonyl (C=O) groups is 9. The van der Waals surface area contributed by atoms with Crippen molar-refractivity contribution in [2.75, 3.05) is 7.05 Å². The van der Waals surface area contributed by atoms with E-state index >= 15 is 0 Å². The Labute approximate surface area is 204 Å². The number of hydrogen-bond acceptors (Lipinski definition) is 12. The first-order chi connectivity index (χ1) is 16.3. The van der Waals surface area contributed by atoms with E-state index in [1.54, 1.807) is 5.43 Å². The Balaban J connectivity index is -0.000000290. The van der Waals surface area contributed by atoms with Crippen molar-refractivity contribution in [1.29, 1.82) is 0 Å². The van der Waals surface area contributed by atoms with Crippen LogP contribution >= 0.6 is 0 Å². The molecule has 2 aliphatic rings. The van der Waals surface area contributed by atoms with Crippen LogP contribution in [0.15, 0.2) is 0 Å². The van der Waals surface area contributed by atoms with Crippen LogP contribution in [0.3, 0.4) is 0 Å². The predicted molar refractivity (Wildman–Crippen MR) is 115 cm³/mol. The van der Waals surface area contributed by atoms with Crippen LogP contribution in [0.2, 0.25) is 1.41 Å². The van der Waals surface area contributed by atoms with Gasteiger partial charge < -0.3 is 38.6 Å². The summed E-state index contributed by atoms with van der Waals surface area (Å²) >= 11 is 0. The number of aldehydes is 1. The van der Waals surface area contributed by atoms with E-state index in [-0.39, 0.29) is 57.2 Å². The van der Waals surface area contributed by atoms with Gasteiger partial charge in [-0.05, 0) is 6.92 Å². The number of hydrogen-bond donors (Lipinski definition) is 3. The van der Waals surface area contributed by atoms with Gasteiger partial charge in [-0.2, -0.15) is 0 Å². The van der Waals surface area contributed by atoms with Crippen LogP contribution in [0.25, 0.3) is 5.84 Å². The average Bonchev–Trinajstić information content (AvgIpc) is 3.24. The van der Waals surface area contributed by atoms with Gasteiger partial charge in [-0.25, -0.2) is 9.59 Å². The van der Waals surface area contributed by atoms with Crippen LogP contribution < -0.4 is 16.9 Å². The Morgan fingerprint density at radius 2 is 1.29 bits per heavy atom. The molecule has 0 aromatic rings. The quantitative estimate of drug-likeness (QED) is 0.159. The standard InChI is InChI=1S/C11H10N2O8.C4H8N3O2.C2H4O.CH4.H3N.H/c14-6-1-2-7(15)12(6)20-10(18)5-11(19)21-13-8(16)3-4-9(13)17;1-6-3(8)2-4(9)7-5;1-2-3;;;/h1-5H2;5H,2H2,1H3,(H,6,8)(H,7,9);2H,1H3;1H4;1H3;/q;-1;;;;-1/i;;2T;;;1+2/hT. The molecule has 0 aromatic carbocycles. The molecular weight excluding hydrogens is 476 g/mol. The lowest BCUT2D eigenvalue weighted by atomic mass is 10.4. The van der Waals surface area contributed by atoms with E-state index < -0.39 is 60.1 Å². The SMILES string of the molecule is C.N.O=C(CC(=O)ON1C(=O)CCC1=O)ON1C(=O)CCC1=O.[3H-].[3H]C(C)=O.[3H][N-]NC(=O)CC(=O)NC. The maximum absolute atomic E-state index is 11.4. The van der Waals surface area contributed by atoms with Gasteiger partial charge in [0.05, 0.1) is 0 Å². The Morgan fingerprint density at radius 1 is 0.943 bits per heavy atom. The van der Waals surface area contributed by atoms with Gasteiger partial charge in [0, 0.05) is 32.7 Å². The average molecular weight is 512 g/mol. The van der Waals surface area contributed by atoms with Crippen molar-refractivity contribution in [3.8, 4) is 0 Å². The van der Waals surface area contributed by atoms with Gasteiger partial charge in [-0.15, -0.1) is 11.5 Å². The third kappa shape index (κ3) is 13.1. The Bertz CT molecular complexity index is 819. The van der Waals surface area contributed by atoms with Crippen LogP contribution in [0.4, 0.5) is 0 Å². The highest BCUT2D eigenvalue weighted by molar-refractivity contribution is 6.04. The summed E-state index contributed by atoms with van der Waals surface area (Å²) in [7, 11) is 1.42. The maximum Gasteiger partial charge on any atom is 0.344 e. The first kappa shape index (κ1) is 30.8. The molecule has 2 saturated heterocycles. The molecular formula is C18H30N6O11-2. The predicted octanol–water partition coefficient (Wildman–Crippen LogP) is -1.09. The molecule has 35 heavy (non-hydrogen) atoms. The zero-order valence-electron chi connectivity index (χ0n) is 21.3. The molecule has 2 aliphatic heterocycles. The molecule has 0 bridgehead atoms. The highest BCUT2D eigenvalue weighted by Crippen LogP contribution is 2.14. The van der Waals surface area contributed by atoms with Gasteiger partial charge in [0.15, 0.2) is 0 Å². The summed E-state index contributed by atoms with van der Waals surface area (Å²) in [4.78, 5) is 106. The number of nitrogens with zero attached hydrogens (tertiary/aromatic N) is 2. The van der Waals surface area contributed by atoms with Crippen LogP contribution in [0, 0.1) is 0 Å². The second-order valence-electron chi connectivity index (χ2n) is 5.86. The minimum absolute atomic E-state index is 0. The number of nitrogens with one attached hydrogen (secondary N) is 3. The van der Waals surface area contributed by atoms with Gasteiger partial charge in [-0.3, -0.25) is 28.8 Å². The Hall–Kier alpha value is -4.25. The number of carbonyl (C=O) groups excluding carboxylic acids is 9. The van der Waals surface area contributed by atoms with E-state index in [0.29, 0.717) is 0 Å². The summed E-state index contributed by atoms with van der Waals surface area (Å²) < 4.78 is 12.1. The fourth-order valence-corrected chi connectivity index (χ4v) is 1.98. The van der Waals surface area contributed by atoms with Crippen molar-refractivity contribution >= 4 is 53.6 Å². The molecule has 2 heterocycles. The minimum atomic E-state index is -1.21. The van der Waals surface area contributed by atoms with Gasteiger partial charge in [0.25, 0.3) is 23.6 Å². The van der Waals surface area contributed by atoms with E-state index in [1.807, 2.05) is 0 Å². The highest BCUT2D eigenvalue weighted by Gasteiger charge is 2.35. The van der Waals surface area contributed by atoms with Crippen molar-refractivity contribution < 1.29 is 57.0 Å². The molecule has 0 aliphatic carbocycles. The molecule has 0 aromatic heterocycles. The highest BCUT2D eigenvalue weighted by atomic mass is 16.7. The first-order valence-corrected chi connectivity index (χ1v) is 9.06. The van der Waals surface area contributed by atoms with Crippen LogP contribution in [-0.2, 0) is 52.8 Å². The van der Waals surface area contributed by atoms with Crippen molar-refractivity contribution in [1.82, 2.24) is 27.0 Å². The third-order valence-electron chi connectivity index (χ3n) is 3.41. The molecule has 200 valence electrons. The van der Waals surface area contributed by atoms with Crippen molar-refractivity contribution in [3.63, 3.8) is 0 Å². The van der Waals surface area contributed by atoms with Crippen molar-refractivity contribution in [2.24, 2.45) is 0 Å². The minimum Gasteiger partial charge on any atom is -1.00 e. The Kier molecular flexibility index (Phi) is 16.0. The van der Waals surface area contributed by atoms with Crippen LogP contribution in [0.1, 0.15) is 55.7 Å². The third-order valence-corrected chi connectivity index (χ3v) is 3.41. The van der Waals surface area contributed by atoms with Crippen molar-refractivity contribution in [3.05, 3.63) is 5.84 Å². The van der Waals surface area contributed by atoms with Crippen LogP contribution in [-0.4, -0.2) is 70.8 Å². The molecule has 17 nitrogen and oxygen atoms in total. The summed E-state index contributed by atoms with van der Waals surface area (Å²) in [5, 5.41) is 2.81. The smallest absolute Gasteiger partial charge is 0.344 e. The Morgan fingerprint density at radius 3 is 1.57 bits per heavy atom. The molecule has 0 saturated carbocycles. The largest absolute Gasteiger partial charge is 1.00 e. The monoisotopic (exact) mass is 512 g/mol. The normalized spacial score (nSPS) is 14.3.